The molecule has 0 saturated carbocycles. The largest absolute Gasteiger partial charge is 0.416 e. The fourth-order valence-electron chi connectivity index (χ4n) is 3.06. The smallest absolute Gasteiger partial charge is 0.319 e. The highest BCUT2D eigenvalue weighted by Gasteiger charge is 2.30. The summed E-state index contributed by atoms with van der Waals surface area (Å²) in [6, 6.07) is 9.06. The highest BCUT2D eigenvalue weighted by Crippen LogP contribution is 2.31. The number of carbonyl (C=O) groups excluding carboxylic acids is 1. The molecule has 0 atom stereocenters. The van der Waals surface area contributed by atoms with E-state index in [1.54, 1.807) is 18.2 Å². The Labute approximate surface area is 173 Å². The van der Waals surface area contributed by atoms with E-state index in [-0.39, 0.29) is 28.1 Å². The van der Waals surface area contributed by atoms with E-state index < -0.39 is 23.2 Å². The van der Waals surface area contributed by atoms with Gasteiger partial charge in [0, 0.05) is 25.0 Å². The van der Waals surface area contributed by atoms with Gasteiger partial charge in [0.05, 0.1) is 22.8 Å². The van der Waals surface area contributed by atoms with Crippen molar-refractivity contribution in [3.63, 3.8) is 0 Å². The zero-order valence-corrected chi connectivity index (χ0v) is 16.0. The van der Waals surface area contributed by atoms with Crippen LogP contribution in [0.2, 0.25) is 0 Å². The van der Waals surface area contributed by atoms with Crippen LogP contribution in [-0.2, 0) is 13.2 Å². The number of fused-ring (bicyclic) bond motifs is 1. The van der Waals surface area contributed by atoms with Crippen LogP contribution in [0.15, 0.2) is 65.8 Å². The van der Waals surface area contributed by atoms with Gasteiger partial charge in [-0.25, -0.2) is 9.97 Å². The van der Waals surface area contributed by atoms with Gasteiger partial charge >= 0.3 is 6.18 Å². The van der Waals surface area contributed by atoms with Crippen molar-refractivity contribution in [2.75, 3.05) is 5.32 Å². The highest BCUT2D eigenvalue weighted by molar-refractivity contribution is 6.07. The van der Waals surface area contributed by atoms with Gasteiger partial charge in [0.25, 0.3) is 11.5 Å². The Kier molecular flexibility index (Phi) is 4.97. The monoisotopic (exact) mass is 425 g/mol. The lowest BCUT2D eigenvalue weighted by Gasteiger charge is -2.13. The summed E-state index contributed by atoms with van der Waals surface area (Å²) in [5.41, 5.74) is -0.345. The van der Waals surface area contributed by atoms with Crippen LogP contribution in [0.3, 0.4) is 0 Å². The second-order valence-corrected chi connectivity index (χ2v) is 6.62. The van der Waals surface area contributed by atoms with Crippen molar-refractivity contribution >= 4 is 22.5 Å². The van der Waals surface area contributed by atoms with E-state index in [0.717, 1.165) is 12.1 Å². The maximum Gasteiger partial charge on any atom is 0.416 e. The minimum Gasteiger partial charge on any atom is -0.319 e. The van der Waals surface area contributed by atoms with Crippen molar-refractivity contribution in [2.45, 2.75) is 6.18 Å². The Balaban J connectivity index is 1.81. The van der Waals surface area contributed by atoms with Crippen molar-refractivity contribution in [3.8, 4) is 11.4 Å². The average molecular weight is 425 g/mol. The number of para-hydroxylation sites is 1. The van der Waals surface area contributed by atoms with E-state index in [2.05, 4.69) is 20.3 Å². The van der Waals surface area contributed by atoms with Crippen molar-refractivity contribution in [3.05, 3.63) is 82.7 Å². The summed E-state index contributed by atoms with van der Waals surface area (Å²) in [6.07, 6.45) is -0.384. The van der Waals surface area contributed by atoms with E-state index in [4.69, 9.17) is 0 Å². The Morgan fingerprint density at radius 1 is 1.06 bits per heavy atom. The van der Waals surface area contributed by atoms with E-state index in [0.29, 0.717) is 5.56 Å². The predicted molar refractivity (Wildman–Crippen MR) is 107 cm³/mol. The first-order valence-electron chi connectivity index (χ1n) is 9.00. The Hall–Kier alpha value is -4.08. The highest BCUT2D eigenvalue weighted by atomic mass is 19.4. The lowest BCUT2D eigenvalue weighted by Crippen LogP contribution is -2.21. The van der Waals surface area contributed by atoms with E-state index in [1.165, 1.54) is 42.3 Å². The number of amides is 1. The first-order chi connectivity index (χ1) is 14.8. The van der Waals surface area contributed by atoms with Gasteiger partial charge in [-0.3, -0.25) is 19.1 Å². The van der Waals surface area contributed by atoms with Crippen LogP contribution in [0, 0.1) is 0 Å². The molecular weight excluding hydrogens is 411 g/mol. The summed E-state index contributed by atoms with van der Waals surface area (Å²) < 4.78 is 39.9. The molecule has 0 aliphatic heterocycles. The van der Waals surface area contributed by atoms with Gasteiger partial charge in [-0.15, -0.1) is 0 Å². The van der Waals surface area contributed by atoms with Gasteiger partial charge in [0.1, 0.15) is 17.0 Å². The maximum absolute atomic E-state index is 12.9. The van der Waals surface area contributed by atoms with Crippen LogP contribution < -0.4 is 10.9 Å². The van der Waals surface area contributed by atoms with Gasteiger partial charge in [-0.2, -0.15) is 13.2 Å². The number of carbonyl (C=O) groups is 1. The number of benzene rings is 2. The van der Waals surface area contributed by atoms with Gasteiger partial charge < -0.3 is 5.32 Å². The minimum absolute atomic E-state index is 0.0753. The molecule has 2 heterocycles. The van der Waals surface area contributed by atoms with Crippen molar-refractivity contribution < 1.29 is 18.0 Å². The molecule has 0 aliphatic carbocycles. The number of nitrogens with zero attached hydrogens (tertiary/aromatic N) is 4. The van der Waals surface area contributed by atoms with Gasteiger partial charge in [0.15, 0.2) is 0 Å². The molecule has 0 unspecified atom stereocenters. The minimum atomic E-state index is -4.47. The fourth-order valence-corrected chi connectivity index (χ4v) is 3.06. The van der Waals surface area contributed by atoms with Crippen molar-refractivity contribution in [2.24, 2.45) is 7.05 Å². The lowest BCUT2D eigenvalue weighted by atomic mass is 10.1. The Bertz CT molecular complexity index is 1330. The van der Waals surface area contributed by atoms with Crippen LogP contribution in [0.5, 0.6) is 0 Å². The zero-order chi connectivity index (χ0) is 22.2. The number of nitrogens with one attached hydrogen (secondary N) is 1. The molecule has 2 aromatic carbocycles. The standard InChI is InChI=1S/C21H14F3N5O2/c1-29-18(12-5-7-13(8-6-12)21(22,23)24)28-17-14(20(29)31)3-2-4-15(17)27-19(30)16-11-25-9-10-26-16/h2-11H,1H3,(H,27,30). The molecule has 1 N–H and O–H groups in total. The molecule has 2 aromatic heterocycles. The molecule has 0 saturated heterocycles. The molecule has 156 valence electrons. The molecule has 0 spiro atoms. The average Bonchev–Trinajstić information content (AvgIpc) is 2.76. The van der Waals surface area contributed by atoms with Crippen LogP contribution >= 0.6 is 0 Å². The number of rotatable bonds is 3. The SMILES string of the molecule is Cn1c(-c2ccc(C(F)(F)F)cc2)nc2c(NC(=O)c3cnccn3)cccc2c1=O. The summed E-state index contributed by atoms with van der Waals surface area (Å²) in [4.78, 5) is 37.6. The van der Waals surface area contributed by atoms with E-state index >= 15 is 0 Å². The Morgan fingerprint density at radius 2 is 1.81 bits per heavy atom. The molecule has 7 nitrogen and oxygen atoms in total. The van der Waals surface area contributed by atoms with Gasteiger partial charge in [-0.1, -0.05) is 18.2 Å². The summed E-state index contributed by atoms with van der Waals surface area (Å²) in [5, 5.41) is 2.90. The molecule has 0 fully saturated rings. The van der Waals surface area contributed by atoms with Crippen LogP contribution in [0.1, 0.15) is 16.1 Å². The number of anilines is 1. The number of alkyl halides is 3. The quantitative estimate of drug-likeness (QED) is 0.541. The third-order valence-electron chi connectivity index (χ3n) is 4.62. The first-order valence-corrected chi connectivity index (χ1v) is 9.00. The third kappa shape index (κ3) is 3.87. The summed E-state index contributed by atoms with van der Waals surface area (Å²) in [6.45, 7) is 0. The molecule has 4 aromatic rings. The molecule has 1 amide bonds. The molecule has 0 aliphatic rings. The first kappa shape index (κ1) is 20.2. The zero-order valence-electron chi connectivity index (χ0n) is 16.0. The van der Waals surface area contributed by atoms with Crippen molar-refractivity contribution in [1.29, 1.82) is 0 Å². The molecule has 0 radical (unpaired) electrons. The van der Waals surface area contributed by atoms with Crippen LogP contribution in [0.4, 0.5) is 18.9 Å². The van der Waals surface area contributed by atoms with Gasteiger partial charge in [0.2, 0.25) is 0 Å². The van der Waals surface area contributed by atoms with Crippen LogP contribution in [-0.4, -0.2) is 25.4 Å². The molecule has 0 bridgehead atoms. The number of hydrogen-bond donors (Lipinski definition) is 1. The normalized spacial score (nSPS) is 11.5. The van der Waals surface area contributed by atoms with Gasteiger partial charge in [-0.05, 0) is 24.3 Å². The molecule has 31 heavy (non-hydrogen) atoms. The summed E-state index contributed by atoms with van der Waals surface area (Å²) >= 11 is 0. The second-order valence-electron chi connectivity index (χ2n) is 6.62. The van der Waals surface area contributed by atoms with Crippen molar-refractivity contribution in [1.82, 2.24) is 19.5 Å². The topological polar surface area (TPSA) is 89.8 Å². The summed E-state index contributed by atoms with van der Waals surface area (Å²) in [5.74, 6) is -0.383. The summed E-state index contributed by atoms with van der Waals surface area (Å²) in [7, 11) is 1.48. The molecular formula is C21H14F3N5O2. The molecule has 4 rings (SSSR count). The number of aromatic nitrogens is 4. The molecule has 10 heteroatoms. The maximum atomic E-state index is 12.9. The van der Waals surface area contributed by atoms with E-state index in [1.807, 2.05) is 0 Å². The van der Waals surface area contributed by atoms with Crippen LogP contribution in [0.25, 0.3) is 22.3 Å². The van der Waals surface area contributed by atoms with E-state index in [9.17, 15) is 22.8 Å². The fraction of sp³-hybridized carbons (Fsp3) is 0.0952. The number of hydrogen-bond acceptors (Lipinski definition) is 5. The predicted octanol–water partition coefficient (Wildman–Crippen LogP) is 3.66. The third-order valence-corrected chi connectivity index (χ3v) is 4.62. The Morgan fingerprint density at radius 3 is 2.45 bits per heavy atom. The lowest BCUT2D eigenvalue weighted by molar-refractivity contribution is -0.137. The second kappa shape index (κ2) is 7.63. The number of halogens is 3.